The summed E-state index contributed by atoms with van der Waals surface area (Å²) in [4.78, 5) is 33.8. The van der Waals surface area contributed by atoms with Crippen LogP contribution in [0.3, 0.4) is 0 Å². The molecule has 2 aromatic rings. The predicted molar refractivity (Wildman–Crippen MR) is 78.0 cm³/mol. The SMILES string of the molecule is O=C(O)C[C@@H](NC(=O)c1sc2ccccc2c1Cl)C(=O)O. The highest BCUT2D eigenvalue weighted by Crippen LogP contribution is 2.35. The van der Waals surface area contributed by atoms with Crippen LogP contribution in [0.4, 0.5) is 0 Å². The molecule has 0 unspecified atom stereocenters. The summed E-state index contributed by atoms with van der Waals surface area (Å²) in [6, 6.07) is 5.59. The molecule has 0 radical (unpaired) electrons. The number of hydrogen-bond donors (Lipinski definition) is 3. The molecule has 0 fully saturated rings. The number of amides is 1. The van der Waals surface area contributed by atoms with Crippen LogP contribution in [0.1, 0.15) is 16.1 Å². The van der Waals surface area contributed by atoms with Gasteiger partial charge in [0.05, 0.1) is 11.4 Å². The molecule has 2 rings (SSSR count). The Bertz CT molecular complexity index is 726. The van der Waals surface area contributed by atoms with E-state index in [1.54, 1.807) is 24.3 Å². The average molecular weight is 328 g/mol. The topological polar surface area (TPSA) is 104 Å². The summed E-state index contributed by atoms with van der Waals surface area (Å²) < 4.78 is 0.790. The van der Waals surface area contributed by atoms with Crippen LogP contribution < -0.4 is 5.32 Å². The lowest BCUT2D eigenvalue weighted by Gasteiger charge is -2.11. The third kappa shape index (κ3) is 3.32. The van der Waals surface area contributed by atoms with E-state index >= 15 is 0 Å². The molecular formula is C13H10ClNO5S. The molecule has 6 nitrogen and oxygen atoms in total. The third-order valence-electron chi connectivity index (χ3n) is 2.72. The van der Waals surface area contributed by atoms with E-state index in [1.165, 1.54) is 0 Å². The number of hydrogen-bond acceptors (Lipinski definition) is 4. The number of fused-ring (bicyclic) bond motifs is 1. The maximum Gasteiger partial charge on any atom is 0.326 e. The largest absolute Gasteiger partial charge is 0.481 e. The van der Waals surface area contributed by atoms with Gasteiger partial charge in [-0.3, -0.25) is 9.59 Å². The number of carboxylic acid groups (broad SMARTS) is 2. The molecule has 3 N–H and O–H groups in total. The molecule has 0 aliphatic rings. The van der Waals surface area contributed by atoms with E-state index in [4.69, 9.17) is 21.8 Å². The van der Waals surface area contributed by atoms with E-state index in [0.29, 0.717) is 5.39 Å². The Morgan fingerprint density at radius 1 is 1.24 bits per heavy atom. The van der Waals surface area contributed by atoms with Crippen LogP contribution in [0.2, 0.25) is 5.02 Å². The fraction of sp³-hybridized carbons (Fsp3) is 0.154. The van der Waals surface area contributed by atoms with Gasteiger partial charge >= 0.3 is 11.9 Å². The van der Waals surface area contributed by atoms with E-state index in [2.05, 4.69) is 5.32 Å². The Kier molecular flexibility index (Phi) is 4.44. The van der Waals surface area contributed by atoms with Gasteiger partial charge in [0.1, 0.15) is 10.9 Å². The normalized spacial score (nSPS) is 12.0. The maximum absolute atomic E-state index is 12.1. The van der Waals surface area contributed by atoms with E-state index in [-0.39, 0.29) is 9.90 Å². The minimum atomic E-state index is -1.50. The van der Waals surface area contributed by atoms with Gasteiger partial charge < -0.3 is 15.5 Å². The zero-order valence-corrected chi connectivity index (χ0v) is 12.1. The van der Waals surface area contributed by atoms with Crippen molar-refractivity contribution in [3.05, 3.63) is 34.2 Å². The number of nitrogens with one attached hydrogen (secondary N) is 1. The monoisotopic (exact) mass is 327 g/mol. The molecular weight excluding hydrogens is 318 g/mol. The van der Waals surface area contributed by atoms with Crippen LogP contribution in [-0.2, 0) is 9.59 Å². The number of thiophene rings is 1. The minimum Gasteiger partial charge on any atom is -0.481 e. The standard InChI is InChI=1S/C13H10ClNO5S/c14-10-6-3-1-2-4-8(6)21-11(10)12(18)15-7(13(19)20)5-9(16)17/h1-4,7H,5H2,(H,15,18)(H,16,17)(H,19,20)/t7-/m1/s1. The van der Waals surface area contributed by atoms with Crippen molar-refractivity contribution in [2.24, 2.45) is 0 Å². The molecule has 0 aliphatic carbocycles. The Morgan fingerprint density at radius 2 is 1.90 bits per heavy atom. The summed E-state index contributed by atoms with van der Waals surface area (Å²) in [5, 5.41) is 20.7. The minimum absolute atomic E-state index is 0.162. The first-order chi connectivity index (χ1) is 9.90. The van der Waals surface area contributed by atoms with Crippen molar-refractivity contribution in [3.8, 4) is 0 Å². The Morgan fingerprint density at radius 3 is 2.48 bits per heavy atom. The molecule has 21 heavy (non-hydrogen) atoms. The van der Waals surface area contributed by atoms with Crippen molar-refractivity contribution in [3.63, 3.8) is 0 Å². The van der Waals surface area contributed by atoms with Crippen LogP contribution in [-0.4, -0.2) is 34.1 Å². The second-order valence-electron chi connectivity index (χ2n) is 4.20. The second kappa shape index (κ2) is 6.11. The quantitative estimate of drug-likeness (QED) is 0.781. The molecule has 0 saturated carbocycles. The molecule has 110 valence electrons. The first kappa shape index (κ1) is 15.3. The fourth-order valence-electron chi connectivity index (χ4n) is 1.76. The summed E-state index contributed by atoms with van der Waals surface area (Å²) >= 11 is 7.23. The van der Waals surface area contributed by atoms with Gasteiger partial charge in [0, 0.05) is 10.1 Å². The second-order valence-corrected chi connectivity index (χ2v) is 5.63. The maximum atomic E-state index is 12.1. The third-order valence-corrected chi connectivity index (χ3v) is 4.40. The van der Waals surface area contributed by atoms with Crippen LogP contribution >= 0.6 is 22.9 Å². The number of carbonyl (C=O) groups is 3. The first-order valence-corrected chi connectivity index (χ1v) is 7.02. The van der Waals surface area contributed by atoms with Crippen molar-refractivity contribution < 1.29 is 24.6 Å². The molecule has 1 atom stereocenters. The summed E-state index contributed by atoms with van der Waals surface area (Å²) in [7, 11) is 0. The van der Waals surface area contributed by atoms with Gasteiger partial charge in [-0.25, -0.2) is 4.79 Å². The van der Waals surface area contributed by atoms with E-state index in [0.717, 1.165) is 16.0 Å². The molecule has 1 aromatic heterocycles. The smallest absolute Gasteiger partial charge is 0.326 e. The van der Waals surface area contributed by atoms with Gasteiger partial charge in [-0.1, -0.05) is 29.8 Å². The van der Waals surface area contributed by atoms with Crippen LogP contribution in [0.5, 0.6) is 0 Å². The van der Waals surface area contributed by atoms with Gasteiger partial charge in [0.15, 0.2) is 0 Å². The lowest BCUT2D eigenvalue weighted by molar-refractivity contribution is -0.145. The van der Waals surface area contributed by atoms with Gasteiger partial charge in [0.25, 0.3) is 5.91 Å². The lowest BCUT2D eigenvalue weighted by Crippen LogP contribution is -2.42. The number of aliphatic carboxylic acids is 2. The zero-order chi connectivity index (χ0) is 15.6. The molecule has 1 amide bonds. The van der Waals surface area contributed by atoms with Gasteiger partial charge in [0.2, 0.25) is 0 Å². The molecule has 0 spiro atoms. The molecule has 8 heteroatoms. The average Bonchev–Trinajstić information content (AvgIpc) is 2.75. The molecule has 0 bridgehead atoms. The summed E-state index contributed by atoms with van der Waals surface area (Å²) in [5.41, 5.74) is 0. The van der Waals surface area contributed by atoms with Gasteiger partial charge in [-0.15, -0.1) is 11.3 Å². The van der Waals surface area contributed by atoms with Crippen LogP contribution in [0.25, 0.3) is 10.1 Å². The number of rotatable bonds is 5. The predicted octanol–water partition coefficient (Wildman–Crippen LogP) is 2.21. The van der Waals surface area contributed by atoms with Crippen LogP contribution in [0, 0.1) is 0 Å². The highest BCUT2D eigenvalue weighted by Gasteiger charge is 2.26. The van der Waals surface area contributed by atoms with Gasteiger partial charge in [-0.2, -0.15) is 0 Å². The summed E-state index contributed by atoms with van der Waals surface area (Å²) in [5.74, 6) is -3.43. The molecule has 0 aliphatic heterocycles. The Hall–Kier alpha value is -2.12. The summed E-state index contributed by atoms with van der Waals surface area (Å²) in [6.45, 7) is 0. The van der Waals surface area contributed by atoms with Crippen molar-refractivity contribution >= 4 is 50.9 Å². The number of carbonyl (C=O) groups excluding carboxylic acids is 1. The lowest BCUT2D eigenvalue weighted by atomic mass is 10.2. The Labute approximate surface area is 128 Å². The number of benzene rings is 1. The summed E-state index contributed by atoms with van der Waals surface area (Å²) in [6.07, 6.45) is -0.705. The van der Waals surface area contributed by atoms with Crippen molar-refractivity contribution in [2.45, 2.75) is 12.5 Å². The highest BCUT2D eigenvalue weighted by molar-refractivity contribution is 7.21. The highest BCUT2D eigenvalue weighted by atomic mass is 35.5. The Balaban J connectivity index is 2.27. The number of carboxylic acids is 2. The molecule has 0 saturated heterocycles. The van der Waals surface area contributed by atoms with Crippen molar-refractivity contribution in [2.75, 3.05) is 0 Å². The van der Waals surface area contributed by atoms with Gasteiger partial charge in [-0.05, 0) is 6.07 Å². The fourth-order valence-corrected chi connectivity index (χ4v) is 3.18. The number of halogens is 1. The zero-order valence-electron chi connectivity index (χ0n) is 10.5. The van der Waals surface area contributed by atoms with E-state index < -0.39 is 30.3 Å². The molecule has 1 heterocycles. The molecule has 1 aromatic carbocycles. The first-order valence-electron chi connectivity index (χ1n) is 5.82. The van der Waals surface area contributed by atoms with E-state index in [9.17, 15) is 14.4 Å². The van der Waals surface area contributed by atoms with Crippen molar-refractivity contribution in [1.29, 1.82) is 0 Å². The van der Waals surface area contributed by atoms with Crippen LogP contribution in [0.15, 0.2) is 24.3 Å². The van der Waals surface area contributed by atoms with E-state index in [1.807, 2.05) is 0 Å². The van der Waals surface area contributed by atoms with Crippen molar-refractivity contribution in [1.82, 2.24) is 5.32 Å².